The smallest absolute Gasteiger partial charge is 0.350 e. The maximum Gasteiger partial charge on any atom is 0.350 e. The Morgan fingerprint density at radius 2 is 1.96 bits per heavy atom. The normalized spacial score (nSPS) is 12.7. The summed E-state index contributed by atoms with van der Waals surface area (Å²) in [6.45, 7) is 6.42. The summed E-state index contributed by atoms with van der Waals surface area (Å²) in [5.41, 5.74) is 6.70. The van der Waals surface area contributed by atoms with Crippen molar-refractivity contribution in [3.05, 3.63) is 12.7 Å². The Kier molecular flexibility index (Phi) is 7.57. The standard InChI is InChI=1S/C9H14N5O4P.C4H10/c1-6(18-5-19(15,16)17)2-14-4-13-7-8(10)11-3-12-9(7)14;1-3-4-2/h3-4,6H,2,5H2,1H3,(H2,10,11,12)(H2,15,16,17);3-4H2,1-2H3/t6-;/m1./s1. The first kappa shape index (κ1) is 19.5. The van der Waals surface area contributed by atoms with E-state index in [1.165, 1.54) is 25.5 Å². The molecule has 9 nitrogen and oxygen atoms in total. The van der Waals surface area contributed by atoms with Crippen molar-refractivity contribution in [2.24, 2.45) is 0 Å². The number of hydrogen-bond acceptors (Lipinski definition) is 6. The van der Waals surface area contributed by atoms with E-state index < -0.39 is 20.0 Å². The lowest BCUT2D eigenvalue weighted by Crippen LogP contribution is -2.17. The summed E-state index contributed by atoms with van der Waals surface area (Å²) in [7, 11) is -4.16. The molecule has 4 N–H and O–H groups in total. The fourth-order valence-corrected chi connectivity index (χ4v) is 2.04. The minimum atomic E-state index is -4.16. The number of hydrogen-bond donors (Lipinski definition) is 3. The van der Waals surface area contributed by atoms with Crippen molar-refractivity contribution < 1.29 is 19.1 Å². The summed E-state index contributed by atoms with van der Waals surface area (Å²) < 4.78 is 17.5. The first-order valence-electron chi connectivity index (χ1n) is 7.36. The molecule has 10 heteroatoms. The van der Waals surface area contributed by atoms with Crippen LogP contribution < -0.4 is 5.73 Å². The molecule has 0 aliphatic heterocycles. The average Bonchev–Trinajstić information content (AvgIpc) is 2.89. The molecule has 2 rings (SSSR count). The summed E-state index contributed by atoms with van der Waals surface area (Å²) in [5, 5.41) is 0. The summed E-state index contributed by atoms with van der Waals surface area (Å²) in [4.78, 5) is 29.4. The van der Waals surface area contributed by atoms with Crippen LogP contribution in [-0.2, 0) is 15.8 Å². The lowest BCUT2D eigenvalue weighted by Gasteiger charge is -2.14. The highest BCUT2D eigenvalue weighted by Crippen LogP contribution is 2.34. The van der Waals surface area contributed by atoms with Gasteiger partial charge in [0, 0.05) is 0 Å². The number of ether oxygens (including phenoxy) is 1. The number of anilines is 1. The Hall–Kier alpha value is -1.54. The zero-order chi connectivity index (χ0) is 17.5. The number of unbranched alkanes of at least 4 members (excludes halogenated alkanes) is 1. The molecule has 2 heterocycles. The van der Waals surface area contributed by atoms with Crippen LogP contribution in [0.3, 0.4) is 0 Å². The summed E-state index contributed by atoms with van der Waals surface area (Å²) in [6, 6.07) is 0. The number of nitrogens with two attached hydrogens (primary N) is 1. The highest BCUT2D eigenvalue weighted by molar-refractivity contribution is 7.51. The maximum absolute atomic E-state index is 10.7. The monoisotopic (exact) mass is 345 g/mol. The maximum atomic E-state index is 10.7. The Morgan fingerprint density at radius 1 is 1.30 bits per heavy atom. The molecule has 23 heavy (non-hydrogen) atoms. The van der Waals surface area contributed by atoms with E-state index in [0.717, 1.165) is 0 Å². The second-order valence-corrected chi connectivity index (χ2v) is 6.69. The van der Waals surface area contributed by atoms with E-state index in [1.54, 1.807) is 11.5 Å². The van der Waals surface area contributed by atoms with Gasteiger partial charge in [-0.1, -0.05) is 26.7 Å². The molecule has 0 aliphatic carbocycles. The van der Waals surface area contributed by atoms with E-state index in [0.29, 0.717) is 17.7 Å². The Morgan fingerprint density at radius 3 is 2.52 bits per heavy atom. The highest BCUT2D eigenvalue weighted by Gasteiger charge is 2.16. The van der Waals surface area contributed by atoms with E-state index in [1.807, 2.05) is 0 Å². The van der Waals surface area contributed by atoms with Gasteiger partial charge in [0.1, 0.15) is 18.2 Å². The van der Waals surface area contributed by atoms with E-state index in [2.05, 4.69) is 28.8 Å². The van der Waals surface area contributed by atoms with Gasteiger partial charge in [-0.3, -0.25) is 4.57 Å². The molecule has 2 aromatic heterocycles. The largest absolute Gasteiger partial charge is 0.382 e. The van der Waals surface area contributed by atoms with Gasteiger partial charge in [-0.15, -0.1) is 0 Å². The number of rotatable bonds is 6. The highest BCUT2D eigenvalue weighted by atomic mass is 31.2. The van der Waals surface area contributed by atoms with Crippen LogP contribution in [0.1, 0.15) is 33.6 Å². The molecule has 0 radical (unpaired) electrons. The number of aromatic nitrogens is 4. The van der Waals surface area contributed by atoms with Gasteiger partial charge in [-0.05, 0) is 6.92 Å². The fraction of sp³-hybridized carbons (Fsp3) is 0.615. The van der Waals surface area contributed by atoms with Gasteiger partial charge in [0.05, 0.1) is 19.0 Å². The van der Waals surface area contributed by atoms with Crippen LogP contribution in [0.4, 0.5) is 5.82 Å². The Bertz CT molecular complexity index is 655. The third kappa shape index (κ3) is 6.62. The van der Waals surface area contributed by atoms with Gasteiger partial charge < -0.3 is 24.8 Å². The number of nitrogen functional groups attached to an aromatic ring is 1. The second kappa shape index (κ2) is 8.93. The first-order chi connectivity index (χ1) is 10.8. The number of imidazole rings is 1. The van der Waals surface area contributed by atoms with E-state index in [9.17, 15) is 4.57 Å². The van der Waals surface area contributed by atoms with Crippen molar-refractivity contribution in [3.63, 3.8) is 0 Å². The molecule has 0 fully saturated rings. The Balaban J connectivity index is 0.000000593. The Labute approximate surface area is 135 Å². The van der Waals surface area contributed by atoms with Crippen LogP contribution in [0.5, 0.6) is 0 Å². The minimum absolute atomic E-state index is 0.285. The molecule has 1 atom stereocenters. The van der Waals surface area contributed by atoms with Gasteiger partial charge >= 0.3 is 7.60 Å². The van der Waals surface area contributed by atoms with Crippen LogP contribution in [-0.4, -0.2) is 41.8 Å². The number of fused-ring (bicyclic) bond motifs is 1. The van der Waals surface area contributed by atoms with Crippen molar-refractivity contribution in [2.75, 3.05) is 12.1 Å². The molecule has 0 spiro atoms. The van der Waals surface area contributed by atoms with Crippen molar-refractivity contribution in [3.8, 4) is 0 Å². The van der Waals surface area contributed by atoms with Crippen LogP contribution in [0.15, 0.2) is 12.7 Å². The van der Waals surface area contributed by atoms with Crippen LogP contribution in [0.2, 0.25) is 0 Å². The van der Waals surface area contributed by atoms with Gasteiger partial charge in [0.2, 0.25) is 0 Å². The molecule has 0 aliphatic rings. The van der Waals surface area contributed by atoms with Crippen molar-refractivity contribution in [2.45, 2.75) is 46.3 Å². The van der Waals surface area contributed by atoms with Gasteiger partial charge in [0.15, 0.2) is 11.5 Å². The SMILES string of the molecule is CCCC.C[C@H](Cn1cnc2c(N)ncnc21)OCP(=O)(O)O. The topological polar surface area (TPSA) is 136 Å². The van der Waals surface area contributed by atoms with Crippen LogP contribution >= 0.6 is 7.60 Å². The molecular formula is C13H24N5O4P. The van der Waals surface area contributed by atoms with E-state index >= 15 is 0 Å². The lowest BCUT2D eigenvalue weighted by molar-refractivity contribution is 0.0764. The summed E-state index contributed by atoms with van der Waals surface area (Å²) >= 11 is 0. The summed E-state index contributed by atoms with van der Waals surface area (Å²) in [5.74, 6) is 0.285. The van der Waals surface area contributed by atoms with Crippen LogP contribution in [0, 0.1) is 0 Å². The summed E-state index contributed by atoms with van der Waals surface area (Å²) in [6.07, 6.45) is 4.49. The number of nitrogens with zero attached hydrogens (tertiary/aromatic N) is 4. The third-order valence-corrected chi connectivity index (χ3v) is 3.40. The van der Waals surface area contributed by atoms with Gasteiger partial charge in [-0.2, -0.15) is 0 Å². The first-order valence-corrected chi connectivity index (χ1v) is 9.15. The molecule has 0 bridgehead atoms. The molecule has 0 aromatic carbocycles. The molecule has 130 valence electrons. The molecule has 0 unspecified atom stereocenters. The molecule has 2 aromatic rings. The molecular weight excluding hydrogens is 321 g/mol. The lowest BCUT2D eigenvalue weighted by atomic mass is 10.4. The molecule has 0 amide bonds. The zero-order valence-electron chi connectivity index (χ0n) is 13.6. The second-order valence-electron chi connectivity index (χ2n) is 5.10. The molecule has 0 saturated heterocycles. The fourth-order valence-electron chi connectivity index (χ4n) is 1.59. The quantitative estimate of drug-likeness (QED) is 0.674. The van der Waals surface area contributed by atoms with Gasteiger partial charge in [-0.25, -0.2) is 15.0 Å². The molecule has 0 saturated carbocycles. The van der Waals surface area contributed by atoms with E-state index in [4.69, 9.17) is 20.3 Å². The predicted molar refractivity (Wildman–Crippen MR) is 87.8 cm³/mol. The van der Waals surface area contributed by atoms with Crippen molar-refractivity contribution in [1.29, 1.82) is 0 Å². The van der Waals surface area contributed by atoms with Crippen molar-refractivity contribution in [1.82, 2.24) is 19.5 Å². The predicted octanol–water partition coefficient (Wildman–Crippen LogP) is 1.76. The average molecular weight is 345 g/mol. The van der Waals surface area contributed by atoms with Gasteiger partial charge in [0.25, 0.3) is 0 Å². The minimum Gasteiger partial charge on any atom is -0.382 e. The van der Waals surface area contributed by atoms with E-state index in [-0.39, 0.29) is 5.82 Å². The van der Waals surface area contributed by atoms with Crippen LogP contribution in [0.25, 0.3) is 11.2 Å². The third-order valence-electron chi connectivity index (χ3n) is 2.91. The van der Waals surface area contributed by atoms with Crippen molar-refractivity contribution >= 4 is 24.6 Å². The zero-order valence-corrected chi connectivity index (χ0v) is 14.5.